The van der Waals surface area contributed by atoms with Gasteiger partial charge in [-0.25, -0.2) is 0 Å². The zero-order chi connectivity index (χ0) is 19.6. The fraction of sp³-hybridized carbons (Fsp3) is 0.350. The number of alkyl halides is 3. The van der Waals surface area contributed by atoms with Crippen molar-refractivity contribution in [2.75, 3.05) is 13.1 Å². The molecule has 0 aliphatic carbocycles. The summed E-state index contributed by atoms with van der Waals surface area (Å²) in [5, 5.41) is 9.22. The number of rotatable bonds is 4. The maximum Gasteiger partial charge on any atom is 0.416 e. The van der Waals surface area contributed by atoms with E-state index in [1.165, 1.54) is 12.1 Å². The van der Waals surface area contributed by atoms with E-state index in [9.17, 15) is 23.1 Å². The maximum atomic E-state index is 13.7. The topological polar surface area (TPSA) is 40.5 Å². The molecule has 0 radical (unpaired) electrons. The molecule has 0 saturated carbocycles. The Kier molecular flexibility index (Phi) is 5.91. The fourth-order valence-electron chi connectivity index (χ4n) is 3.66. The number of carbonyl (C=O) groups is 1. The first-order chi connectivity index (χ1) is 12.8. The first-order valence-corrected chi connectivity index (χ1v) is 9.45. The van der Waals surface area contributed by atoms with E-state index in [0.29, 0.717) is 25.9 Å². The standard InChI is InChI=1S/C20H19BrF3NO2/c21-17-8-4-2-6-15(17)18(25-11-9-13(10-12-25)19(26)27)14-5-1-3-7-16(14)20(22,23)24/h1-8,13,18H,9-12H2,(H,26,27). The second-order valence-electron chi connectivity index (χ2n) is 6.66. The van der Waals surface area contributed by atoms with Gasteiger partial charge in [0, 0.05) is 4.47 Å². The molecular weight excluding hydrogens is 423 g/mol. The van der Waals surface area contributed by atoms with Crippen LogP contribution in [0, 0.1) is 5.92 Å². The van der Waals surface area contributed by atoms with Gasteiger partial charge in [-0.15, -0.1) is 0 Å². The molecule has 2 aromatic rings. The molecule has 1 aliphatic heterocycles. The molecular formula is C20H19BrF3NO2. The summed E-state index contributed by atoms with van der Waals surface area (Å²) in [6.45, 7) is 0.852. The molecule has 1 unspecified atom stereocenters. The first kappa shape index (κ1) is 19.9. The number of hydrogen-bond donors (Lipinski definition) is 1. The van der Waals surface area contributed by atoms with E-state index in [2.05, 4.69) is 15.9 Å². The third-order valence-corrected chi connectivity index (χ3v) is 5.73. The van der Waals surface area contributed by atoms with Crippen molar-refractivity contribution in [1.82, 2.24) is 4.90 Å². The average Bonchev–Trinajstić information content (AvgIpc) is 2.63. The SMILES string of the molecule is O=C(O)C1CCN(C(c2ccccc2Br)c2ccccc2C(F)(F)F)CC1. The second kappa shape index (κ2) is 8.02. The van der Waals surface area contributed by atoms with Crippen LogP contribution in [0.1, 0.15) is 35.6 Å². The largest absolute Gasteiger partial charge is 0.481 e. The van der Waals surface area contributed by atoms with Crippen LogP contribution in [0.2, 0.25) is 0 Å². The zero-order valence-electron chi connectivity index (χ0n) is 14.4. The molecule has 7 heteroatoms. The second-order valence-corrected chi connectivity index (χ2v) is 7.51. The number of benzene rings is 2. The van der Waals surface area contributed by atoms with Gasteiger partial charge in [0.25, 0.3) is 0 Å². The van der Waals surface area contributed by atoms with Gasteiger partial charge < -0.3 is 5.11 Å². The Labute approximate surface area is 163 Å². The van der Waals surface area contributed by atoms with E-state index in [-0.39, 0.29) is 5.56 Å². The normalized spacial score (nSPS) is 17.6. The Bertz CT molecular complexity index is 817. The van der Waals surface area contributed by atoms with Crippen LogP contribution in [-0.4, -0.2) is 29.1 Å². The van der Waals surface area contributed by atoms with E-state index in [0.717, 1.165) is 16.1 Å². The van der Waals surface area contributed by atoms with Gasteiger partial charge in [-0.05, 0) is 49.2 Å². The lowest BCUT2D eigenvalue weighted by Gasteiger charge is -2.38. The van der Waals surface area contributed by atoms with Crippen LogP contribution in [0.25, 0.3) is 0 Å². The predicted molar refractivity (Wildman–Crippen MR) is 99.4 cm³/mol. The minimum atomic E-state index is -4.46. The van der Waals surface area contributed by atoms with Gasteiger partial charge in [0.2, 0.25) is 0 Å². The number of carboxylic acids is 1. The highest BCUT2D eigenvalue weighted by Crippen LogP contribution is 2.41. The lowest BCUT2D eigenvalue weighted by molar-refractivity contribution is -0.143. The summed E-state index contributed by atoms with van der Waals surface area (Å²) in [4.78, 5) is 13.2. The van der Waals surface area contributed by atoms with Crippen molar-refractivity contribution in [1.29, 1.82) is 0 Å². The van der Waals surface area contributed by atoms with Crippen molar-refractivity contribution >= 4 is 21.9 Å². The Morgan fingerprint density at radius 1 is 1.04 bits per heavy atom. The highest BCUT2D eigenvalue weighted by Gasteiger charge is 2.38. The maximum absolute atomic E-state index is 13.7. The molecule has 1 heterocycles. The summed E-state index contributed by atoms with van der Waals surface area (Å²) in [6.07, 6.45) is -3.62. The molecule has 0 bridgehead atoms. The Morgan fingerprint density at radius 2 is 1.59 bits per heavy atom. The van der Waals surface area contributed by atoms with E-state index < -0.39 is 29.7 Å². The van der Waals surface area contributed by atoms with Gasteiger partial charge in [-0.3, -0.25) is 9.69 Å². The molecule has 0 spiro atoms. The minimum Gasteiger partial charge on any atom is -0.481 e. The monoisotopic (exact) mass is 441 g/mol. The van der Waals surface area contributed by atoms with Crippen molar-refractivity contribution in [2.24, 2.45) is 5.92 Å². The number of halogens is 4. The molecule has 3 rings (SSSR count). The molecule has 1 N–H and O–H groups in total. The van der Waals surface area contributed by atoms with Gasteiger partial charge in [0.05, 0.1) is 17.5 Å². The number of aliphatic carboxylic acids is 1. The number of nitrogens with zero attached hydrogens (tertiary/aromatic N) is 1. The van der Waals surface area contributed by atoms with Crippen LogP contribution in [0.15, 0.2) is 53.0 Å². The van der Waals surface area contributed by atoms with Gasteiger partial charge in [0.15, 0.2) is 0 Å². The molecule has 2 aromatic carbocycles. The van der Waals surface area contributed by atoms with Crippen LogP contribution in [0.4, 0.5) is 13.2 Å². The Hall–Kier alpha value is -1.86. The summed E-state index contributed by atoms with van der Waals surface area (Å²) in [5.74, 6) is -1.29. The average molecular weight is 442 g/mol. The lowest BCUT2D eigenvalue weighted by atomic mass is 9.89. The van der Waals surface area contributed by atoms with E-state index in [1.807, 2.05) is 23.1 Å². The molecule has 3 nitrogen and oxygen atoms in total. The van der Waals surface area contributed by atoms with Gasteiger partial charge in [-0.1, -0.05) is 52.3 Å². The zero-order valence-corrected chi connectivity index (χ0v) is 16.0. The van der Waals surface area contributed by atoms with Gasteiger partial charge >= 0.3 is 12.1 Å². The van der Waals surface area contributed by atoms with Crippen LogP contribution >= 0.6 is 15.9 Å². The highest BCUT2D eigenvalue weighted by atomic mass is 79.9. The number of piperidine rings is 1. The third kappa shape index (κ3) is 4.35. The molecule has 0 amide bonds. The first-order valence-electron chi connectivity index (χ1n) is 8.66. The fourth-order valence-corrected chi connectivity index (χ4v) is 4.16. The number of likely N-dealkylation sites (tertiary alicyclic amines) is 1. The summed E-state index contributed by atoms with van der Waals surface area (Å²) in [5.41, 5.74) is 0.264. The van der Waals surface area contributed by atoms with Gasteiger partial charge in [-0.2, -0.15) is 13.2 Å². The van der Waals surface area contributed by atoms with E-state index in [1.54, 1.807) is 12.1 Å². The van der Waals surface area contributed by atoms with Crippen molar-refractivity contribution in [2.45, 2.75) is 25.1 Å². The summed E-state index contributed by atoms with van der Waals surface area (Å²) in [7, 11) is 0. The van der Waals surface area contributed by atoms with Crippen molar-refractivity contribution < 1.29 is 23.1 Å². The highest BCUT2D eigenvalue weighted by molar-refractivity contribution is 9.10. The molecule has 1 fully saturated rings. The van der Waals surface area contributed by atoms with Crippen molar-refractivity contribution in [3.05, 3.63) is 69.7 Å². The quantitative estimate of drug-likeness (QED) is 0.694. The molecule has 1 atom stereocenters. The van der Waals surface area contributed by atoms with Crippen molar-refractivity contribution in [3.8, 4) is 0 Å². The van der Waals surface area contributed by atoms with Crippen LogP contribution in [0.5, 0.6) is 0 Å². The summed E-state index contributed by atoms with van der Waals surface area (Å²) >= 11 is 3.47. The number of carboxylic acid groups (broad SMARTS) is 1. The van der Waals surface area contributed by atoms with E-state index >= 15 is 0 Å². The van der Waals surface area contributed by atoms with E-state index in [4.69, 9.17) is 0 Å². The van der Waals surface area contributed by atoms with Gasteiger partial charge in [0.1, 0.15) is 0 Å². The van der Waals surface area contributed by atoms with Crippen LogP contribution in [0.3, 0.4) is 0 Å². The Morgan fingerprint density at radius 3 is 2.15 bits per heavy atom. The third-order valence-electron chi connectivity index (χ3n) is 5.00. The Balaban J connectivity index is 2.06. The molecule has 0 aromatic heterocycles. The smallest absolute Gasteiger partial charge is 0.416 e. The van der Waals surface area contributed by atoms with Crippen LogP contribution in [-0.2, 0) is 11.0 Å². The summed E-state index contributed by atoms with van der Waals surface area (Å²) in [6, 6.07) is 12.2. The number of hydrogen-bond acceptors (Lipinski definition) is 2. The predicted octanol–water partition coefficient (Wildman–Crippen LogP) is 5.35. The lowest BCUT2D eigenvalue weighted by Crippen LogP contribution is -2.40. The molecule has 1 aliphatic rings. The minimum absolute atomic E-state index is 0.186. The van der Waals surface area contributed by atoms with Crippen molar-refractivity contribution in [3.63, 3.8) is 0 Å². The van der Waals surface area contributed by atoms with Crippen LogP contribution < -0.4 is 0 Å². The summed E-state index contributed by atoms with van der Waals surface area (Å²) < 4.78 is 41.7. The molecule has 1 saturated heterocycles. The molecule has 27 heavy (non-hydrogen) atoms. The molecule has 144 valence electrons.